The van der Waals surface area contributed by atoms with Crippen LogP contribution in [0, 0.1) is 0 Å². The minimum absolute atomic E-state index is 0.237. The number of fused-ring (bicyclic) bond motifs is 1. The maximum atomic E-state index is 9.79. The van der Waals surface area contributed by atoms with Gasteiger partial charge in [-0.1, -0.05) is 6.58 Å². The number of aliphatic hydroxyl groups is 2. The van der Waals surface area contributed by atoms with E-state index >= 15 is 0 Å². The Hall–Kier alpha value is -2.03. The summed E-state index contributed by atoms with van der Waals surface area (Å²) in [6.45, 7) is 3.38. The maximum Gasteiger partial charge on any atom is 0.168 e. The molecule has 0 spiro atoms. The number of nitrogen functional groups attached to an aromatic ring is 1. The molecule has 3 atom stereocenters. The zero-order chi connectivity index (χ0) is 14.3. The highest BCUT2D eigenvalue weighted by molar-refractivity contribution is 5.82. The molecule has 1 fully saturated rings. The van der Waals surface area contributed by atoms with Gasteiger partial charge in [0.05, 0.1) is 19.0 Å². The summed E-state index contributed by atoms with van der Waals surface area (Å²) in [6, 6.07) is 0. The molecule has 0 saturated carbocycles. The molecule has 2 aromatic rings. The molecule has 8 heteroatoms. The van der Waals surface area contributed by atoms with E-state index < -0.39 is 18.4 Å². The second-order valence-corrected chi connectivity index (χ2v) is 4.61. The Balaban J connectivity index is 2.04. The number of ether oxygens (including phenoxy) is 1. The highest BCUT2D eigenvalue weighted by atomic mass is 16.5. The summed E-state index contributed by atoms with van der Waals surface area (Å²) < 4.78 is 7.26. The lowest BCUT2D eigenvalue weighted by Crippen LogP contribution is -2.24. The highest BCUT2D eigenvalue weighted by Gasteiger charge is 2.35. The van der Waals surface area contributed by atoms with Crippen molar-refractivity contribution in [3.05, 3.63) is 18.7 Å². The van der Waals surface area contributed by atoms with Gasteiger partial charge in [0, 0.05) is 6.42 Å². The van der Waals surface area contributed by atoms with Crippen LogP contribution in [0.15, 0.2) is 12.9 Å². The lowest BCUT2D eigenvalue weighted by atomic mass is 10.2. The van der Waals surface area contributed by atoms with Crippen LogP contribution >= 0.6 is 0 Å². The van der Waals surface area contributed by atoms with Gasteiger partial charge in [-0.3, -0.25) is 4.57 Å². The van der Waals surface area contributed by atoms with Gasteiger partial charge in [-0.05, 0) is 6.08 Å². The predicted molar refractivity (Wildman–Crippen MR) is 71.4 cm³/mol. The Morgan fingerprint density at radius 2 is 2.35 bits per heavy atom. The Bertz CT molecular complexity index is 656. The van der Waals surface area contributed by atoms with Crippen molar-refractivity contribution in [1.29, 1.82) is 0 Å². The van der Waals surface area contributed by atoms with Gasteiger partial charge in [0.15, 0.2) is 17.3 Å². The van der Waals surface area contributed by atoms with E-state index in [1.54, 1.807) is 10.9 Å². The van der Waals surface area contributed by atoms with E-state index in [0.717, 1.165) is 0 Å². The number of nitrogens with two attached hydrogens (primary N) is 1. The summed E-state index contributed by atoms with van der Waals surface area (Å²) in [5.41, 5.74) is 6.81. The molecule has 1 aliphatic rings. The molecular weight excluding hydrogens is 262 g/mol. The van der Waals surface area contributed by atoms with Crippen molar-refractivity contribution in [2.75, 3.05) is 12.3 Å². The van der Waals surface area contributed by atoms with Crippen molar-refractivity contribution >= 4 is 23.1 Å². The van der Waals surface area contributed by atoms with Crippen LogP contribution in [0.2, 0.25) is 0 Å². The third-order valence-corrected chi connectivity index (χ3v) is 3.34. The van der Waals surface area contributed by atoms with E-state index in [1.165, 1.54) is 6.08 Å². The SMILES string of the molecule is C=Cc1nc(N)c2ncn(C3CC(O)C(CO)O3)c2n1. The number of imidazole rings is 1. The molecule has 4 N–H and O–H groups in total. The Labute approximate surface area is 114 Å². The molecule has 3 heterocycles. The summed E-state index contributed by atoms with van der Waals surface area (Å²) >= 11 is 0. The second kappa shape index (κ2) is 4.82. The Morgan fingerprint density at radius 1 is 1.55 bits per heavy atom. The van der Waals surface area contributed by atoms with Gasteiger partial charge in [-0.15, -0.1) is 0 Å². The summed E-state index contributed by atoms with van der Waals surface area (Å²) in [5, 5.41) is 18.9. The van der Waals surface area contributed by atoms with Crippen LogP contribution in [0.5, 0.6) is 0 Å². The molecule has 1 saturated heterocycles. The van der Waals surface area contributed by atoms with Crippen molar-refractivity contribution in [1.82, 2.24) is 19.5 Å². The number of aliphatic hydroxyl groups excluding tert-OH is 2. The van der Waals surface area contributed by atoms with Crippen molar-refractivity contribution in [2.45, 2.75) is 24.9 Å². The van der Waals surface area contributed by atoms with Crippen molar-refractivity contribution in [2.24, 2.45) is 0 Å². The molecule has 2 aromatic heterocycles. The van der Waals surface area contributed by atoms with Gasteiger partial charge >= 0.3 is 0 Å². The minimum atomic E-state index is -0.722. The molecular formula is C12H15N5O3. The van der Waals surface area contributed by atoms with Gasteiger partial charge in [0.25, 0.3) is 0 Å². The summed E-state index contributed by atoms with van der Waals surface area (Å²) in [4.78, 5) is 12.5. The number of anilines is 1. The monoisotopic (exact) mass is 277 g/mol. The number of hydrogen-bond donors (Lipinski definition) is 3. The normalized spacial score (nSPS) is 26.2. The van der Waals surface area contributed by atoms with Crippen LogP contribution < -0.4 is 5.73 Å². The number of aromatic nitrogens is 4. The van der Waals surface area contributed by atoms with E-state index in [2.05, 4.69) is 21.5 Å². The molecule has 3 rings (SSSR count). The van der Waals surface area contributed by atoms with E-state index in [0.29, 0.717) is 23.4 Å². The molecule has 0 amide bonds. The fourth-order valence-corrected chi connectivity index (χ4v) is 2.31. The zero-order valence-corrected chi connectivity index (χ0v) is 10.7. The van der Waals surface area contributed by atoms with Gasteiger partial charge in [0.1, 0.15) is 17.8 Å². The molecule has 106 valence electrons. The third-order valence-electron chi connectivity index (χ3n) is 3.34. The van der Waals surface area contributed by atoms with Crippen LogP contribution in [-0.4, -0.2) is 48.5 Å². The average molecular weight is 277 g/mol. The van der Waals surface area contributed by atoms with E-state index in [-0.39, 0.29) is 12.4 Å². The molecule has 1 aliphatic heterocycles. The Kier molecular flexibility index (Phi) is 3.13. The molecule has 8 nitrogen and oxygen atoms in total. The van der Waals surface area contributed by atoms with E-state index in [9.17, 15) is 5.11 Å². The fourth-order valence-electron chi connectivity index (χ4n) is 2.31. The first-order chi connectivity index (χ1) is 9.63. The largest absolute Gasteiger partial charge is 0.394 e. The molecule has 0 radical (unpaired) electrons. The smallest absolute Gasteiger partial charge is 0.168 e. The summed E-state index contributed by atoms with van der Waals surface area (Å²) in [7, 11) is 0. The summed E-state index contributed by atoms with van der Waals surface area (Å²) in [6.07, 6.45) is 1.62. The summed E-state index contributed by atoms with van der Waals surface area (Å²) in [5.74, 6) is 0.662. The van der Waals surface area contributed by atoms with Crippen molar-refractivity contribution < 1.29 is 14.9 Å². The van der Waals surface area contributed by atoms with Crippen LogP contribution in [0.1, 0.15) is 18.5 Å². The van der Waals surface area contributed by atoms with Gasteiger partial charge in [-0.25, -0.2) is 15.0 Å². The third kappa shape index (κ3) is 1.94. The standard InChI is InChI=1S/C12H15N5O3/c1-2-8-15-11(13)10-12(16-8)17(5-14-10)9-3-6(19)7(4-18)20-9/h2,5-7,9,18-19H,1,3-4H2,(H2,13,15,16). The number of rotatable bonds is 3. The first-order valence-corrected chi connectivity index (χ1v) is 6.21. The average Bonchev–Trinajstić information content (AvgIpc) is 3.01. The highest BCUT2D eigenvalue weighted by Crippen LogP contribution is 2.31. The lowest BCUT2D eigenvalue weighted by Gasteiger charge is -2.13. The van der Waals surface area contributed by atoms with Crippen LogP contribution in [-0.2, 0) is 4.74 Å². The quantitative estimate of drug-likeness (QED) is 0.704. The van der Waals surface area contributed by atoms with Gasteiger partial charge in [-0.2, -0.15) is 0 Å². The van der Waals surface area contributed by atoms with Crippen LogP contribution in [0.3, 0.4) is 0 Å². The van der Waals surface area contributed by atoms with Gasteiger partial charge in [0.2, 0.25) is 0 Å². The molecule has 0 aromatic carbocycles. The van der Waals surface area contributed by atoms with Crippen molar-refractivity contribution in [3.63, 3.8) is 0 Å². The first kappa shape index (κ1) is 13.0. The van der Waals surface area contributed by atoms with Gasteiger partial charge < -0.3 is 20.7 Å². The van der Waals surface area contributed by atoms with Crippen molar-refractivity contribution in [3.8, 4) is 0 Å². The first-order valence-electron chi connectivity index (χ1n) is 6.21. The molecule has 0 bridgehead atoms. The minimum Gasteiger partial charge on any atom is -0.394 e. The topological polar surface area (TPSA) is 119 Å². The predicted octanol–water partition coefficient (Wildman–Crippen LogP) is -0.308. The van der Waals surface area contributed by atoms with Crippen LogP contribution in [0.4, 0.5) is 5.82 Å². The maximum absolute atomic E-state index is 9.79. The van der Waals surface area contributed by atoms with E-state index in [4.69, 9.17) is 15.6 Å². The lowest BCUT2D eigenvalue weighted by molar-refractivity contribution is -0.0432. The number of hydrogen-bond acceptors (Lipinski definition) is 7. The Morgan fingerprint density at radius 3 is 3.00 bits per heavy atom. The molecule has 0 aliphatic carbocycles. The van der Waals surface area contributed by atoms with E-state index in [1.807, 2.05) is 0 Å². The van der Waals surface area contributed by atoms with Crippen LogP contribution in [0.25, 0.3) is 17.2 Å². The number of nitrogens with zero attached hydrogens (tertiary/aromatic N) is 4. The molecule has 20 heavy (non-hydrogen) atoms. The zero-order valence-electron chi connectivity index (χ0n) is 10.7. The molecule has 3 unspecified atom stereocenters. The second-order valence-electron chi connectivity index (χ2n) is 4.61. The fraction of sp³-hybridized carbons (Fsp3) is 0.417.